The van der Waals surface area contributed by atoms with Gasteiger partial charge in [-0.25, -0.2) is 0 Å². The first-order valence-electron chi connectivity index (χ1n) is 11.5. The van der Waals surface area contributed by atoms with Crippen molar-refractivity contribution in [2.75, 3.05) is 0 Å². The summed E-state index contributed by atoms with van der Waals surface area (Å²) in [5.41, 5.74) is 5.42. The number of hydrogen-bond acceptors (Lipinski definition) is 1. The number of carbonyl (C=O) groups excluding carboxylic acids is 1. The highest BCUT2D eigenvalue weighted by molar-refractivity contribution is 5.80. The molecule has 2 heteroatoms. The molecule has 0 aliphatic carbocycles. The zero-order chi connectivity index (χ0) is 20.9. The number of allylic oxidation sites excluding steroid dienone is 8. The van der Waals surface area contributed by atoms with E-state index in [0.717, 1.165) is 57.8 Å². The number of amides is 1. The Balaban J connectivity index is 3.96. The zero-order valence-electron chi connectivity index (χ0n) is 18.8. The van der Waals surface area contributed by atoms with Gasteiger partial charge in [-0.15, -0.1) is 0 Å². The van der Waals surface area contributed by atoms with Crippen LogP contribution in [0.3, 0.4) is 0 Å². The van der Waals surface area contributed by atoms with E-state index in [4.69, 9.17) is 5.73 Å². The predicted octanol–water partition coefficient (Wildman–Crippen LogP) is 7.81. The quantitative estimate of drug-likeness (QED) is 0.189. The van der Waals surface area contributed by atoms with E-state index in [0.29, 0.717) is 0 Å². The van der Waals surface area contributed by atoms with Gasteiger partial charge in [-0.05, 0) is 57.8 Å². The fourth-order valence-corrected chi connectivity index (χ4v) is 3.62. The molecule has 0 fully saturated rings. The average molecular weight is 388 g/mol. The molecule has 0 atom stereocenters. The maximum atomic E-state index is 12.0. The van der Waals surface area contributed by atoms with Gasteiger partial charge < -0.3 is 5.73 Å². The minimum absolute atomic E-state index is 0.118. The Kier molecular flexibility index (Phi) is 17.7. The lowest BCUT2D eigenvalue weighted by atomic mass is 9.75. The third-order valence-electron chi connectivity index (χ3n) is 5.23. The summed E-state index contributed by atoms with van der Waals surface area (Å²) in [6.07, 6.45) is 31.6. The maximum Gasteiger partial charge on any atom is 0.223 e. The van der Waals surface area contributed by atoms with Gasteiger partial charge >= 0.3 is 0 Å². The van der Waals surface area contributed by atoms with Gasteiger partial charge in [0.05, 0.1) is 0 Å². The Morgan fingerprint density at radius 3 is 1.54 bits per heavy atom. The van der Waals surface area contributed by atoms with Crippen molar-refractivity contribution in [3.05, 3.63) is 48.6 Å². The van der Waals surface area contributed by atoms with Gasteiger partial charge in [0.1, 0.15) is 0 Å². The number of unbranched alkanes of at least 4 members (excludes halogenated alkanes) is 3. The molecule has 0 spiro atoms. The van der Waals surface area contributed by atoms with Gasteiger partial charge in [-0.3, -0.25) is 4.79 Å². The van der Waals surface area contributed by atoms with E-state index < -0.39 is 0 Å². The van der Waals surface area contributed by atoms with E-state index in [1.165, 1.54) is 25.7 Å². The fourth-order valence-electron chi connectivity index (χ4n) is 3.62. The normalized spacial score (nSPS) is 13.0. The highest BCUT2D eigenvalue weighted by atomic mass is 16.1. The molecule has 0 radical (unpaired) electrons. The van der Waals surface area contributed by atoms with Crippen molar-refractivity contribution in [1.29, 1.82) is 0 Å². The Morgan fingerprint density at radius 2 is 1.11 bits per heavy atom. The first-order valence-corrected chi connectivity index (χ1v) is 11.5. The van der Waals surface area contributed by atoms with Crippen molar-refractivity contribution in [3.63, 3.8) is 0 Å². The lowest BCUT2D eigenvalue weighted by molar-refractivity contribution is -0.129. The van der Waals surface area contributed by atoms with Crippen LogP contribution >= 0.6 is 0 Å². The molecule has 0 heterocycles. The summed E-state index contributed by atoms with van der Waals surface area (Å²) in [6.45, 7) is 6.50. The van der Waals surface area contributed by atoms with Crippen molar-refractivity contribution in [2.24, 2.45) is 11.1 Å². The lowest BCUT2D eigenvalue weighted by Crippen LogP contribution is -2.37. The van der Waals surface area contributed by atoms with Crippen LogP contribution in [-0.4, -0.2) is 5.91 Å². The Labute approximate surface area is 175 Å². The summed E-state index contributed by atoms with van der Waals surface area (Å²) in [5.74, 6) is -0.118. The minimum atomic E-state index is -0.307. The van der Waals surface area contributed by atoms with E-state index in [-0.39, 0.29) is 11.3 Å². The Bertz CT molecular complexity index is 479. The van der Waals surface area contributed by atoms with E-state index in [9.17, 15) is 4.79 Å². The van der Waals surface area contributed by atoms with Crippen molar-refractivity contribution in [3.8, 4) is 0 Å². The summed E-state index contributed by atoms with van der Waals surface area (Å²) >= 11 is 0. The molecular formula is C26H45NO. The summed E-state index contributed by atoms with van der Waals surface area (Å²) in [7, 11) is 0. The first-order chi connectivity index (χ1) is 13.6. The van der Waals surface area contributed by atoms with E-state index in [2.05, 4.69) is 69.4 Å². The highest BCUT2D eigenvalue weighted by Crippen LogP contribution is 2.34. The molecule has 2 nitrogen and oxygen atoms in total. The SMILES string of the molecule is CCCCCC=CCC=CCC=CCC=CCCC(CCC)(CCC)C(N)=O. The van der Waals surface area contributed by atoms with Crippen LogP contribution in [0.2, 0.25) is 0 Å². The van der Waals surface area contributed by atoms with Crippen LogP contribution in [0.25, 0.3) is 0 Å². The van der Waals surface area contributed by atoms with Crippen LogP contribution in [0.4, 0.5) is 0 Å². The fraction of sp³-hybridized carbons (Fsp3) is 0.654. The zero-order valence-corrected chi connectivity index (χ0v) is 18.8. The Hall–Kier alpha value is -1.57. The molecule has 0 aromatic rings. The number of rotatable bonds is 18. The van der Waals surface area contributed by atoms with Crippen LogP contribution in [0.5, 0.6) is 0 Å². The van der Waals surface area contributed by atoms with Crippen LogP contribution < -0.4 is 5.73 Å². The molecule has 0 aromatic carbocycles. The minimum Gasteiger partial charge on any atom is -0.369 e. The van der Waals surface area contributed by atoms with E-state index >= 15 is 0 Å². The molecule has 2 N–H and O–H groups in total. The summed E-state index contributed by atoms with van der Waals surface area (Å²) in [5, 5.41) is 0. The third kappa shape index (κ3) is 13.6. The molecule has 160 valence electrons. The highest BCUT2D eigenvalue weighted by Gasteiger charge is 2.33. The van der Waals surface area contributed by atoms with Gasteiger partial charge in [0.2, 0.25) is 5.91 Å². The van der Waals surface area contributed by atoms with Gasteiger partial charge in [-0.1, -0.05) is 95.1 Å². The molecular weight excluding hydrogens is 342 g/mol. The third-order valence-corrected chi connectivity index (χ3v) is 5.23. The van der Waals surface area contributed by atoms with Crippen molar-refractivity contribution >= 4 is 5.91 Å². The largest absolute Gasteiger partial charge is 0.369 e. The second kappa shape index (κ2) is 18.8. The second-order valence-electron chi connectivity index (χ2n) is 7.77. The van der Waals surface area contributed by atoms with E-state index in [1.54, 1.807) is 0 Å². The van der Waals surface area contributed by atoms with Crippen LogP contribution in [0.1, 0.15) is 104 Å². The van der Waals surface area contributed by atoms with E-state index in [1.807, 2.05) is 0 Å². The van der Waals surface area contributed by atoms with Crippen molar-refractivity contribution in [2.45, 2.75) is 104 Å². The molecule has 0 aliphatic heterocycles. The number of primary amides is 1. The smallest absolute Gasteiger partial charge is 0.223 e. The van der Waals surface area contributed by atoms with Gasteiger partial charge in [-0.2, -0.15) is 0 Å². The predicted molar refractivity (Wildman–Crippen MR) is 125 cm³/mol. The molecule has 0 saturated carbocycles. The number of hydrogen-bond donors (Lipinski definition) is 1. The lowest BCUT2D eigenvalue weighted by Gasteiger charge is -2.29. The van der Waals surface area contributed by atoms with Gasteiger partial charge in [0.25, 0.3) is 0 Å². The molecule has 1 amide bonds. The molecule has 0 bridgehead atoms. The van der Waals surface area contributed by atoms with Crippen molar-refractivity contribution < 1.29 is 4.79 Å². The van der Waals surface area contributed by atoms with Crippen LogP contribution in [-0.2, 0) is 4.79 Å². The molecule has 0 saturated heterocycles. The van der Waals surface area contributed by atoms with Crippen molar-refractivity contribution in [1.82, 2.24) is 0 Å². The monoisotopic (exact) mass is 387 g/mol. The second-order valence-corrected chi connectivity index (χ2v) is 7.77. The van der Waals surface area contributed by atoms with Crippen LogP contribution in [0.15, 0.2) is 48.6 Å². The first kappa shape index (κ1) is 26.4. The summed E-state index contributed by atoms with van der Waals surface area (Å²) in [6, 6.07) is 0. The molecule has 28 heavy (non-hydrogen) atoms. The molecule has 0 aromatic heterocycles. The molecule has 0 rings (SSSR count). The molecule has 0 unspecified atom stereocenters. The topological polar surface area (TPSA) is 43.1 Å². The van der Waals surface area contributed by atoms with Gasteiger partial charge in [0, 0.05) is 5.41 Å². The molecule has 0 aliphatic rings. The Morgan fingerprint density at radius 1 is 0.643 bits per heavy atom. The number of carbonyl (C=O) groups is 1. The van der Waals surface area contributed by atoms with Gasteiger partial charge in [0.15, 0.2) is 0 Å². The summed E-state index contributed by atoms with van der Waals surface area (Å²) in [4.78, 5) is 12.0. The average Bonchev–Trinajstić information content (AvgIpc) is 2.67. The van der Waals surface area contributed by atoms with Crippen LogP contribution in [0, 0.1) is 5.41 Å². The maximum absolute atomic E-state index is 12.0. The standard InChI is InChI=1S/C26H45NO/c1-4-7-8-9-10-11-12-13-14-15-16-17-18-19-20-21-24-26(22-5-2,23-6-3)25(27)28/h10-11,13-14,16-17,19-20H,4-9,12,15,18,21-24H2,1-3H3,(H2,27,28). The number of nitrogens with two attached hydrogens (primary N) is 1. The summed E-state index contributed by atoms with van der Waals surface area (Å²) < 4.78 is 0.